The van der Waals surface area contributed by atoms with Gasteiger partial charge in [-0.05, 0) is 36.4 Å². The Morgan fingerprint density at radius 2 is 1.80 bits per heavy atom. The number of hydrogen-bond acceptors (Lipinski definition) is 2. The van der Waals surface area contributed by atoms with Gasteiger partial charge in [0.1, 0.15) is 0 Å². The molecular formula is C6H10I2N2. The van der Waals surface area contributed by atoms with Crippen LogP contribution in [0.25, 0.3) is 0 Å². The van der Waals surface area contributed by atoms with Crippen molar-refractivity contribution in [3.05, 3.63) is 11.4 Å². The Morgan fingerprint density at radius 1 is 1.30 bits per heavy atom. The maximum atomic E-state index is 2.42. The normalized spacial score (nSPS) is 26.7. The molecule has 0 aromatic rings. The summed E-state index contributed by atoms with van der Waals surface area (Å²) in [7, 11) is 2.12. The van der Waals surface area contributed by atoms with Gasteiger partial charge in [-0.15, -0.1) is 0 Å². The van der Waals surface area contributed by atoms with Crippen molar-refractivity contribution in [3.8, 4) is 0 Å². The molecule has 0 saturated heterocycles. The molecule has 2 nitrogen and oxygen atoms in total. The van der Waals surface area contributed by atoms with Crippen LogP contribution in [0.4, 0.5) is 0 Å². The summed E-state index contributed by atoms with van der Waals surface area (Å²) >= 11 is 4.76. The van der Waals surface area contributed by atoms with Crippen molar-refractivity contribution >= 4 is 45.5 Å². The predicted molar refractivity (Wildman–Crippen MR) is 59.8 cm³/mol. The lowest BCUT2D eigenvalue weighted by molar-refractivity contribution is 0.377. The molecule has 10 heavy (non-hydrogen) atoms. The third-order valence-corrected chi connectivity index (χ3v) is 5.59. The van der Waals surface area contributed by atoms with E-state index in [0.29, 0.717) is 4.17 Å². The molecule has 1 heterocycles. The minimum Gasteiger partial charge on any atom is -0.348 e. The largest absolute Gasteiger partial charge is 0.348 e. The minimum absolute atomic E-state index is 0.484. The number of alkyl halides is 1. The van der Waals surface area contributed by atoms with E-state index in [1.54, 1.807) is 0 Å². The summed E-state index contributed by atoms with van der Waals surface area (Å²) in [5, 5.41) is 0. The molecule has 1 aliphatic heterocycles. The highest BCUT2D eigenvalue weighted by Crippen LogP contribution is 2.33. The number of rotatable bonds is 0. The maximum Gasteiger partial charge on any atom is 0.163 e. The summed E-state index contributed by atoms with van der Waals surface area (Å²) < 4.78 is 2.73. The van der Waals surface area contributed by atoms with Crippen LogP contribution >= 0.6 is 45.5 Å². The summed E-state index contributed by atoms with van der Waals surface area (Å²) in [5.74, 6) is 0. The summed E-state index contributed by atoms with van der Waals surface area (Å²) in [5.41, 5.74) is 2.73. The Kier molecular flexibility index (Phi) is 2.70. The lowest BCUT2D eigenvalue weighted by atomic mass is 10.4. The average molecular weight is 364 g/mol. The zero-order valence-electron chi connectivity index (χ0n) is 6.23. The van der Waals surface area contributed by atoms with Crippen LogP contribution in [0.15, 0.2) is 11.4 Å². The van der Waals surface area contributed by atoms with Crippen molar-refractivity contribution in [1.82, 2.24) is 8.01 Å². The van der Waals surface area contributed by atoms with E-state index in [1.165, 1.54) is 11.4 Å². The topological polar surface area (TPSA) is 6.48 Å². The van der Waals surface area contributed by atoms with Gasteiger partial charge in [0, 0.05) is 18.4 Å². The van der Waals surface area contributed by atoms with Crippen molar-refractivity contribution in [1.29, 1.82) is 0 Å². The molecule has 0 bridgehead atoms. The molecule has 0 amide bonds. The second-order valence-electron chi connectivity index (χ2n) is 2.40. The van der Waals surface area contributed by atoms with Crippen molar-refractivity contribution in [2.75, 3.05) is 7.05 Å². The molecule has 0 N–H and O–H groups in total. The molecule has 1 rings (SSSR count). The summed E-state index contributed by atoms with van der Waals surface area (Å²) in [4.78, 5) is 2.27. The SMILES string of the molecule is CC1=C(C)N(I)C(I)N1C. The fourth-order valence-electron chi connectivity index (χ4n) is 0.881. The lowest BCUT2D eigenvalue weighted by Gasteiger charge is -2.21. The van der Waals surface area contributed by atoms with Gasteiger partial charge in [0.2, 0.25) is 0 Å². The molecule has 0 fully saturated rings. The van der Waals surface area contributed by atoms with Crippen LogP contribution in [0.5, 0.6) is 0 Å². The Morgan fingerprint density at radius 3 is 1.90 bits per heavy atom. The molecule has 1 unspecified atom stereocenters. The molecule has 58 valence electrons. The smallest absolute Gasteiger partial charge is 0.163 e. The van der Waals surface area contributed by atoms with E-state index >= 15 is 0 Å². The first kappa shape index (κ1) is 8.89. The first-order valence-electron chi connectivity index (χ1n) is 3.05. The van der Waals surface area contributed by atoms with Crippen LogP contribution in [-0.2, 0) is 0 Å². The van der Waals surface area contributed by atoms with E-state index in [2.05, 4.69) is 74.4 Å². The molecule has 0 aromatic carbocycles. The van der Waals surface area contributed by atoms with Gasteiger partial charge in [0.05, 0.1) is 22.9 Å². The second-order valence-corrected chi connectivity index (χ2v) is 4.56. The lowest BCUT2D eigenvalue weighted by Crippen LogP contribution is -2.25. The third kappa shape index (κ3) is 1.24. The molecule has 1 aliphatic rings. The van der Waals surface area contributed by atoms with Crippen LogP contribution in [0.2, 0.25) is 0 Å². The van der Waals surface area contributed by atoms with E-state index in [4.69, 9.17) is 0 Å². The monoisotopic (exact) mass is 364 g/mol. The quantitative estimate of drug-likeness (QED) is 0.282. The molecule has 0 saturated carbocycles. The van der Waals surface area contributed by atoms with Crippen molar-refractivity contribution < 1.29 is 0 Å². The first-order valence-corrected chi connectivity index (χ1v) is 5.26. The number of hydrogen-bond donors (Lipinski definition) is 0. The number of allylic oxidation sites excluding steroid dienone is 2. The van der Waals surface area contributed by atoms with E-state index < -0.39 is 0 Å². The number of halogens is 2. The van der Waals surface area contributed by atoms with Crippen LogP contribution in [0.1, 0.15) is 13.8 Å². The summed E-state index contributed by atoms with van der Waals surface area (Å²) in [6.45, 7) is 4.30. The summed E-state index contributed by atoms with van der Waals surface area (Å²) in [6, 6.07) is 0. The fourth-order valence-corrected chi connectivity index (χ4v) is 2.44. The van der Waals surface area contributed by atoms with Gasteiger partial charge in [-0.2, -0.15) is 0 Å². The molecule has 1 atom stereocenters. The highest BCUT2D eigenvalue weighted by atomic mass is 127. The highest BCUT2D eigenvalue weighted by Gasteiger charge is 2.27. The maximum absolute atomic E-state index is 2.42. The molecular weight excluding hydrogens is 354 g/mol. The van der Waals surface area contributed by atoms with Gasteiger partial charge in [0.15, 0.2) is 4.17 Å². The predicted octanol–water partition coefficient (Wildman–Crippen LogP) is 2.55. The Balaban J connectivity index is 2.88. The van der Waals surface area contributed by atoms with E-state index in [-0.39, 0.29) is 0 Å². The molecule has 0 radical (unpaired) electrons. The third-order valence-electron chi connectivity index (χ3n) is 1.88. The van der Waals surface area contributed by atoms with Crippen LogP contribution < -0.4 is 0 Å². The molecule has 4 heteroatoms. The van der Waals surface area contributed by atoms with E-state index in [1.807, 2.05) is 0 Å². The van der Waals surface area contributed by atoms with Crippen molar-refractivity contribution in [2.45, 2.75) is 18.0 Å². The summed E-state index contributed by atoms with van der Waals surface area (Å²) in [6.07, 6.45) is 0. The number of nitrogens with zero attached hydrogens (tertiary/aromatic N) is 2. The van der Waals surface area contributed by atoms with Gasteiger partial charge in [-0.3, -0.25) is 3.11 Å². The molecule has 0 spiro atoms. The molecule has 0 aromatic heterocycles. The average Bonchev–Trinajstić information content (AvgIpc) is 2.07. The van der Waals surface area contributed by atoms with Crippen molar-refractivity contribution in [2.24, 2.45) is 0 Å². The Labute approximate surface area is 89.3 Å². The van der Waals surface area contributed by atoms with Crippen LogP contribution in [-0.4, -0.2) is 19.2 Å². The van der Waals surface area contributed by atoms with Gasteiger partial charge in [-0.25, -0.2) is 0 Å². The van der Waals surface area contributed by atoms with Gasteiger partial charge in [-0.1, -0.05) is 0 Å². The first-order chi connectivity index (χ1) is 4.55. The van der Waals surface area contributed by atoms with Crippen molar-refractivity contribution in [3.63, 3.8) is 0 Å². The van der Waals surface area contributed by atoms with Crippen LogP contribution in [0.3, 0.4) is 0 Å². The zero-order valence-corrected chi connectivity index (χ0v) is 10.5. The van der Waals surface area contributed by atoms with Gasteiger partial charge < -0.3 is 4.90 Å². The Bertz CT molecular complexity index is 161. The van der Waals surface area contributed by atoms with Crippen LogP contribution in [0, 0.1) is 0 Å². The zero-order chi connectivity index (χ0) is 7.89. The standard InChI is InChI=1S/C6H10I2N2/c1-4-5(2)10(8)6(7)9(4)3/h6H,1-3H3. The van der Waals surface area contributed by atoms with Gasteiger partial charge >= 0.3 is 0 Å². The fraction of sp³-hybridized carbons (Fsp3) is 0.667. The molecule has 0 aliphatic carbocycles. The minimum atomic E-state index is 0.484. The Hall–Kier alpha value is 0.800. The van der Waals surface area contributed by atoms with E-state index in [0.717, 1.165) is 0 Å². The van der Waals surface area contributed by atoms with Gasteiger partial charge in [0.25, 0.3) is 0 Å². The van der Waals surface area contributed by atoms with E-state index in [9.17, 15) is 0 Å². The highest BCUT2D eigenvalue weighted by molar-refractivity contribution is 14.1. The second kappa shape index (κ2) is 3.04.